The highest BCUT2D eigenvalue weighted by Crippen LogP contribution is 2.02. The molecule has 0 rings (SSSR count). The second-order valence-corrected chi connectivity index (χ2v) is 0.794. The molecule has 0 aliphatic rings. The van der Waals surface area contributed by atoms with Gasteiger partial charge in [0, 0.05) is 0 Å². The van der Waals surface area contributed by atoms with E-state index in [1.54, 1.807) is 0 Å². The van der Waals surface area contributed by atoms with Gasteiger partial charge in [-0.3, -0.25) is 0 Å². The van der Waals surface area contributed by atoms with Crippen LogP contribution in [0.5, 0.6) is 0 Å². The summed E-state index contributed by atoms with van der Waals surface area (Å²) in [7, 11) is 0. The van der Waals surface area contributed by atoms with Crippen molar-refractivity contribution in [3.8, 4) is 0 Å². The molecule has 44 valence electrons. The van der Waals surface area contributed by atoms with Crippen molar-refractivity contribution in [3.05, 3.63) is 24.3 Å². The molecule has 0 amide bonds. The Morgan fingerprint density at radius 2 is 1.62 bits per heavy atom. The molecule has 4 heteroatoms. The maximum Gasteiger partial charge on any atom is 0.315 e. The van der Waals surface area contributed by atoms with Gasteiger partial charge in [-0.25, -0.2) is 4.39 Å². The lowest BCUT2D eigenvalue weighted by atomic mass is 10.6. The van der Waals surface area contributed by atoms with E-state index in [4.69, 9.17) is 0 Å². The smallest absolute Gasteiger partial charge is 0.227 e. The topological polar surface area (TPSA) is 0 Å². The Hall–Kier alpha value is -0.760. The number of hydrogen-bond acceptors (Lipinski definition) is 0. The summed E-state index contributed by atoms with van der Waals surface area (Å²) in [5.74, 6) is -1.83. The molecule has 0 unspecified atom stereocenters. The van der Waals surface area contributed by atoms with Gasteiger partial charge in [0.15, 0.2) is 5.83 Å². The predicted octanol–water partition coefficient (Wildman–Crippen LogP) is 2.23. The van der Waals surface area contributed by atoms with E-state index in [-0.39, 0.29) is 0 Å². The van der Waals surface area contributed by atoms with Crippen LogP contribution in [0.2, 0.25) is 0 Å². The molecular formula is C4F4. The van der Waals surface area contributed by atoms with Crippen molar-refractivity contribution < 1.29 is 17.6 Å². The number of hydrogen-bond donors (Lipinski definition) is 0. The number of halogens is 4. The van der Waals surface area contributed by atoms with E-state index >= 15 is 0 Å². The van der Waals surface area contributed by atoms with Crippen LogP contribution >= 0.6 is 0 Å². The summed E-state index contributed by atoms with van der Waals surface area (Å²) >= 11 is 0. The van der Waals surface area contributed by atoms with Crippen LogP contribution in [0.1, 0.15) is 0 Å². The van der Waals surface area contributed by atoms with E-state index in [0.29, 0.717) is 6.67 Å². The summed E-state index contributed by atoms with van der Waals surface area (Å²) in [6.45, 7) is 0.334. The Labute approximate surface area is 43.1 Å². The quantitative estimate of drug-likeness (QED) is 0.371. The fraction of sp³-hybridized carbons (Fsp3) is 0. The fourth-order valence-electron chi connectivity index (χ4n) is 0.107. The highest BCUT2D eigenvalue weighted by Gasteiger charge is 1.93. The standard InChI is InChI=1S/C4F4/c5-2-3(6)1-4(7)8. The van der Waals surface area contributed by atoms with Crippen molar-refractivity contribution in [3.63, 3.8) is 0 Å². The Balaban J connectivity index is 4.13. The van der Waals surface area contributed by atoms with Crippen LogP contribution in [-0.2, 0) is 0 Å². The van der Waals surface area contributed by atoms with Crippen molar-refractivity contribution in [1.29, 1.82) is 0 Å². The monoisotopic (exact) mass is 124 g/mol. The SMILES string of the molecule is F[C]C(F)=C=C(F)F. The maximum atomic E-state index is 11.2. The van der Waals surface area contributed by atoms with Gasteiger partial charge >= 0.3 is 6.08 Å². The zero-order chi connectivity index (χ0) is 6.57. The summed E-state index contributed by atoms with van der Waals surface area (Å²) in [5.41, 5.74) is 0.740. The molecule has 0 saturated carbocycles. The Kier molecular flexibility index (Phi) is 2.96. The molecule has 0 N–H and O–H groups in total. The highest BCUT2D eigenvalue weighted by molar-refractivity contribution is 4.98. The normalized spacial score (nSPS) is 8.00. The largest absolute Gasteiger partial charge is 0.315 e. The molecule has 0 aliphatic heterocycles. The van der Waals surface area contributed by atoms with Gasteiger partial charge < -0.3 is 0 Å². The zero-order valence-electron chi connectivity index (χ0n) is 3.51. The number of rotatable bonds is 1. The first-order chi connectivity index (χ1) is 3.66. The molecule has 0 aromatic rings. The van der Waals surface area contributed by atoms with Gasteiger partial charge in [0.05, 0.1) is 0 Å². The summed E-state index contributed by atoms with van der Waals surface area (Å²) in [4.78, 5) is 0. The Bertz CT molecular complexity index is 127. The van der Waals surface area contributed by atoms with Crippen molar-refractivity contribution in [1.82, 2.24) is 0 Å². The van der Waals surface area contributed by atoms with E-state index < -0.39 is 11.9 Å². The zero-order valence-corrected chi connectivity index (χ0v) is 3.51. The lowest BCUT2D eigenvalue weighted by Crippen LogP contribution is -1.61. The first-order valence-corrected chi connectivity index (χ1v) is 1.51. The van der Waals surface area contributed by atoms with Crippen LogP contribution in [-0.4, -0.2) is 0 Å². The van der Waals surface area contributed by atoms with Crippen molar-refractivity contribution >= 4 is 0 Å². The average Bonchev–Trinajstić information content (AvgIpc) is 1.65. The van der Waals surface area contributed by atoms with Crippen LogP contribution in [0.25, 0.3) is 0 Å². The number of allylic oxidation sites excluding steroid dienone is 1. The van der Waals surface area contributed by atoms with E-state index in [9.17, 15) is 17.6 Å². The molecule has 2 radical (unpaired) electrons. The lowest BCUT2D eigenvalue weighted by molar-refractivity contribution is 0.419. The molecule has 0 spiro atoms. The Morgan fingerprint density at radius 1 is 1.12 bits per heavy atom. The third-order valence-corrected chi connectivity index (χ3v) is 0.287. The molecule has 0 atom stereocenters. The van der Waals surface area contributed by atoms with Crippen LogP contribution in [0.15, 0.2) is 17.6 Å². The molecule has 0 aliphatic carbocycles. The maximum absolute atomic E-state index is 11.2. The van der Waals surface area contributed by atoms with Crippen molar-refractivity contribution in [2.75, 3.05) is 0 Å². The summed E-state index contributed by atoms with van der Waals surface area (Å²) in [5, 5.41) is 0. The first-order valence-electron chi connectivity index (χ1n) is 1.51. The molecular weight excluding hydrogens is 124 g/mol. The summed E-state index contributed by atoms with van der Waals surface area (Å²) < 4.78 is 43.5. The molecule has 0 bridgehead atoms. The van der Waals surface area contributed by atoms with Gasteiger partial charge in [0.1, 0.15) is 0 Å². The van der Waals surface area contributed by atoms with E-state index in [0.717, 1.165) is 5.73 Å². The van der Waals surface area contributed by atoms with Gasteiger partial charge in [-0.1, -0.05) is 0 Å². The van der Waals surface area contributed by atoms with Gasteiger partial charge in [-0.15, -0.1) is 0 Å². The van der Waals surface area contributed by atoms with Crippen LogP contribution in [0.3, 0.4) is 0 Å². The minimum absolute atomic E-state index is 0.334. The molecule has 0 aromatic carbocycles. The molecule has 0 nitrogen and oxygen atoms in total. The fourth-order valence-corrected chi connectivity index (χ4v) is 0.107. The second kappa shape index (κ2) is 3.27. The second-order valence-electron chi connectivity index (χ2n) is 0.794. The van der Waals surface area contributed by atoms with Crippen LogP contribution < -0.4 is 0 Å². The predicted molar refractivity (Wildman–Crippen MR) is 18.2 cm³/mol. The molecule has 0 saturated heterocycles. The van der Waals surface area contributed by atoms with Gasteiger partial charge in [0.25, 0.3) is 6.67 Å². The molecule has 0 fully saturated rings. The molecule has 0 aromatic heterocycles. The minimum atomic E-state index is -2.41. The third-order valence-electron chi connectivity index (χ3n) is 0.287. The van der Waals surface area contributed by atoms with Crippen LogP contribution in [0.4, 0.5) is 17.6 Å². The van der Waals surface area contributed by atoms with Gasteiger partial charge in [-0.05, 0) is 5.73 Å². The van der Waals surface area contributed by atoms with Gasteiger partial charge in [0.2, 0.25) is 0 Å². The van der Waals surface area contributed by atoms with E-state index in [1.165, 1.54) is 0 Å². The highest BCUT2D eigenvalue weighted by atomic mass is 19.3. The van der Waals surface area contributed by atoms with E-state index in [1.807, 2.05) is 0 Å². The average molecular weight is 124 g/mol. The van der Waals surface area contributed by atoms with Crippen LogP contribution in [0, 0.1) is 6.67 Å². The first kappa shape index (κ1) is 7.24. The van der Waals surface area contributed by atoms with Crippen molar-refractivity contribution in [2.45, 2.75) is 0 Å². The third kappa shape index (κ3) is 3.43. The summed E-state index contributed by atoms with van der Waals surface area (Å²) in [6.07, 6.45) is -2.41. The molecule has 0 heterocycles. The van der Waals surface area contributed by atoms with Gasteiger partial charge in [-0.2, -0.15) is 13.2 Å². The van der Waals surface area contributed by atoms with Crippen molar-refractivity contribution in [2.24, 2.45) is 0 Å². The minimum Gasteiger partial charge on any atom is -0.227 e. The Morgan fingerprint density at radius 3 is 1.75 bits per heavy atom. The van der Waals surface area contributed by atoms with E-state index in [2.05, 4.69) is 0 Å². The molecule has 8 heavy (non-hydrogen) atoms. The lowest BCUT2D eigenvalue weighted by Gasteiger charge is -1.72. The summed E-state index contributed by atoms with van der Waals surface area (Å²) in [6, 6.07) is 0.